The first-order chi connectivity index (χ1) is 9.54. The molecule has 0 aromatic rings. The van der Waals surface area contributed by atoms with Gasteiger partial charge in [0.05, 0.1) is 5.75 Å². The van der Waals surface area contributed by atoms with Crippen molar-refractivity contribution in [3.8, 4) is 0 Å². The van der Waals surface area contributed by atoms with E-state index < -0.39 is 20.9 Å². The van der Waals surface area contributed by atoms with Crippen molar-refractivity contribution < 1.29 is 18.0 Å². The van der Waals surface area contributed by atoms with Gasteiger partial charge in [0.1, 0.15) is 20.9 Å². The lowest BCUT2D eigenvalue weighted by molar-refractivity contribution is -0.162. The maximum Gasteiger partial charge on any atom is 0.249 e. The fourth-order valence-electron chi connectivity index (χ4n) is 2.95. The highest BCUT2D eigenvalue weighted by Gasteiger charge is 2.58. The average Bonchev–Trinajstić information content (AvgIpc) is 3.19. The van der Waals surface area contributed by atoms with Crippen LogP contribution in [0.2, 0.25) is 0 Å². The summed E-state index contributed by atoms with van der Waals surface area (Å²) in [6, 6.07) is 0. The van der Waals surface area contributed by atoms with Crippen molar-refractivity contribution in [1.82, 2.24) is 10.2 Å². The highest BCUT2D eigenvalue weighted by molar-refractivity contribution is 7.90. The molecule has 6 nitrogen and oxygen atoms in total. The number of hydrogen-bond acceptors (Lipinski definition) is 4. The van der Waals surface area contributed by atoms with Crippen LogP contribution >= 0.6 is 0 Å². The molecule has 0 spiro atoms. The van der Waals surface area contributed by atoms with Crippen molar-refractivity contribution in [2.45, 2.75) is 51.1 Å². The van der Waals surface area contributed by atoms with E-state index in [1.165, 1.54) is 4.90 Å². The molecule has 1 aliphatic heterocycles. The Kier molecular flexibility index (Phi) is 3.85. The van der Waals surface area contributed by atoms with Gasteiger partial charge in [-0.1, -0.05) is 6.92 Å². The summed E-state index contributed by atoms with van der Waals surface area (Å²) in [5.74, 6) is -0.302. The van der Waals surface area contributed by atoms with E-state index in [1.807, 2.05) is 6.92 Å². The fraction of sp³-hybridized carbons (Fsp3) is 0.857. The summed E-state index contributed by atoms with van der Waals surface area (Å²) < 4.78 is 22.9. The molecule has 1 heterocycles. The Bertz CT molecular complexity index is 570. The molecule has 2 atom stereocenters. The van der Waals surface area contributed by atoms with Crippen LogP contribution < -0.4 is 5.32 Å². The predicted molar refractivity (Wildman–Crippen MR) is 79.4 cm³/mol. The molecule has 7 heteroatoms. The second-order valence-corrected chi connectivity index (χ2v) is 8.90. The van der Waals surface area contributed by atoms with E-state index in [0.29, 0.717) is 6.42 Å². The molecular formula is C14H24N2O4S. The van der Waals surface area contributed by atoms with Crippen LogP contribution in [0.15, 0.2) is 0 Å². The van der Waals surface area contributed by atoms with Crippen LogP contribution in [-0.2, 0) is 19.4 Å². The number of carbonyl (C=O) groups is 2. The summed E-state index contributed by atoms with van der Waals surface area (Å²) in [6.07, 6.45) is 3.44. The smallest absolute Gasteiger partial charge is 0.249 e. The molecule has 2 fully saturated rings. The molecule has 1 N–H and O–H groups in total. The molecule has 1 aliphatic carbocycles. The van der Waals surface area contributed by atoms with Crippen molar-refractivity contribution in [3.63, 3.8) is 0 Å². The Labute approximate surface area is 126 Å². The van der Waals surface area contributed by atoms with Crippen molar-refractivity contribution in [3.05, 3.63) is 0 Å². The van der Waals surface area contributed by atoms with Gasteiger partial charge in [-0.3, -0.25) is 9.59 Å². The standard InChI is InChI=1S/C14H24N2O4S/c1-5-13(2)11(17)15-14(3,10-6-7-10)12(18)16(13)8-9-21(4,19)20/h10H,5-9H2,1-4H3,(H,15,17). The van der Waals surface area contributed by atoms with Crippen LogP contribution in [0.5, 0.6) is 0 Å². The number of amides is 2. The SMILES string of the molecule is CCC1(C)C(=O)NC(C)(C2CC2)C(=O)N1CCS(C)(=O)=O. The molecule has 0 radical (unpaired) electrons. The topological polar surface area (TPSA) is 83.6 Å². The van der Waals surface area contributed by atoms with Crippen molar-refractivity contribution >= 4 is 21.7 Å². The number of nitrogens with zero attached hydrogens (tertiary/aromatic N) is 1. The van der Waals surface area contributed by atoms with Crippen LogP contribution in [0.4, 0.5) is 0 Å². The van der Waals surface area contributed by atoms with E-state index in [2.05, 4.69) is 5.32 Å². The Morgan fingerprint density at radius 3 is 2.29 bits per heavy atom. The van der Waals surface area contributed by atoms with Gasteiger partial charge in [-0.2, -0.15) is 0 Å². The molecule has 1 saturated heterocycles. The number of rotatable bonds is 5. The van der Waals surface area contributed by atoms with Crippen LogP contribution in [0, 0.1) is 5.92 Å². The van der Waals surface area contributed by atoms with Gasteiger partial charge in [0.25, 0.3) is 0 Å². The first-order valence-electron chi connectivity index (χ1n) is 7.37. The molecule has 120 valence electrons. The highest BCUT2D eigenvalue weighted by Crippen LogP contribution is 2.44. The highest BCUT2D eigenvalue weighted by atomic mass is 32.2. The Balaban J connectivity index is 2.33. The van der Waals surface area contributed by atoms with Gasteiger partial charge in [0, 0.05) is 12.8 Å². The van der Waals surface area contributed by atoms with Crippen LogP contribution in [-0.4, -0.2) is 54.8 Å². The Hall–Kier alpha value is -1.11. The lowest BCUT2D eigenvalue weighted by Crippen LogP contribution is -2.75. The Morgan fingerprint density at radius 1 is 1.29 bits per heavy atom. The first kappa shape index (κ1) is 16.3. The minimum absolute atomic E-state index is 0.0672. The summed E-state index contributed by atoms with van der Waals surface area (Å²) in [6.45, 7) is 5.36. The monoisotopic (exact) mass is 316 g/mol. The molecule has 2 rings (SSSR count). The molecule has 2 unspecified atom stereocenters. The van der Waals surface area contributed by atoms with Crippen molar-refractivity contribution in [2.24, 2.45) is 5.92 Å². The third kappa shape index (κ3) is 2.80. The number of carbonyl (C=O) groups excluding carboxylic acids is 2. The van der Waals surface area contributed by atoms with Gasteiger partial charge in [-0.05, 0) is 39.0 Å². The van der Waals surface area contributed by atoms with E-state index in [-0.39, 0.29) is 30.0 Å². The first-order valence-corrected chi connectivity index (χ1v) is 9.43. The third-order valence-electron chi connectivity index (χ3n) is 4.92. The minimum atomic E-state index is -3.19. The molecule has 21 heavy (non-hydrogen) atoms. The zero-order chi connectivity index (χ0) is 16.1. The van der Waals surface area contributed by atoms with E-state index in [0.717, 1.165) is 19.1 Å². The maximum atomic E-state index is 12.9. The molecule has 0 aromatic carbocycles. The minimum Gasteiger partial charge on any atom is -0.340 e. The summed E-state index contributed by atoms with van der Waals surface area (Å²) >= 11 is 0. The summed E-state index contributed by atoms with van der Waals surface area (Å²) in [7, 11) is -3.19. The second-order valence-electron chi connectivity index (χ2n) is 6.64. The molecule has 2 amide bonds. The molecule has 0 bridgehead atoms. The lowest BCUT2D eigenvalue weighted by Gasteiger charge is -2.50. The average molecular weight is 316 g/mol. The van der Waals surface area contributed by atoms with E-state index >= 15 is 0 Å². The van der Waals surface area contributed by atoms with Gasteiger partial charge in [0.2, 0.25) is 11.8 Å². The number of hydrogen-bond donors (Lipinski definition) is 1. The van der Waals surface area contributed by atoms with Crippen LogP contribution in [0.25, 0.3) is 0 Å². The van der Waals surface area contributed by atoms with Crippen LogP contribution in [0.1, 0.15) is 40.0 Å². The quantitative estimate of drug-likeness (QED) is 0.792. The number of nitrogens with one attached hydrogen (secondary N) is 1. The predicted octanol–water partition coefficient (Wildman–Crippen LogP) is 0.327. The van der Waals surface area contributed by atoms with Crippen LogP contribution in [0.3, 0.4) is 0 Å². The van der Waals surface area contributed by atoms with Gasteiger partial charge in [0.15, 0.2) is 0 Å². The number of piperazine rings is 1. The maximum absolute atomic E-state index is 12.9. The van der Waals surface area contributed by atoms with Crippen molar-refractivity contribution in [2.75, 3.05) is 18.6 Å². The number of sulfone groups is 1. The van der Waals surface area contributed by atoms with Gasteiger partial charge >= 0.3 is 0 Å². The van der Waals surface area contributed by atoms with Gasteiger partial charge < -0.3 is 10.2 Å². The fourth-order valence-corrected chi connectivity index (χ4v) is 3.46. The van der Waals surface area contributed by atoms with Gasteiger partial charge in [-0.15, -0.1) is 0 Å². The Morgan fingerprint density at radius 2 is 1.86 bits per heavy atom. The van der Waals surface area contributed by atoms with E-state index in [1.54, 1.807) is 13.8 Å². The largest absolute Gasteiger partial charge is 0.340 e. The lowest BCUT2D eigenvalue weighted by atomic mass is 9.83. The summed E-state index contributed by atoms with van der Waals surface area (Å²) in [4.78, 5) is 26.9. The summed E-state index contributed by atoms with van der Waals surface area (Å²) in [5.41, 5.74) is -1.86. The van der Waals surface area contributed by atoms with E-state index in [9.17, 15) is 18.0 Å². The molecular weight excluding hydrogens is 292 g/mol. The van der Waals surface area contributed by atoms with E-state index in [4.69, 9.17) is 0 Å². The molecule has 0 aromatic heterocycles. The third-order valence-corrected chi connectivity index (χ3v) is 5.84. The normalized spacial score (nSPS) is 34.0. The zero-order valence-corrected chi connectivity index (χ0v) is 13.9. The molecule has 2 aliphatic rings. The second kappa shape index (κ2) is 4.97. The summed E-state index contributed by atoms with van der Waals surface area (Å²) in [5, 5.41) is 2.89. The van der Waals surface area contributed by atoms with Gasteiger partial charge in [-0.25, -0.2) is 8.42 Å². The van der Waals surface area contributed by atoms with Crippen molar-refractivity contribution in [1.29, 1.82) is 0 Å². The molecule has 1 saturated carbocycles. The zero-order valence-electron chi connectivity index (χ0n) is 13.1.